The Hall–Kier alpha value is -1.12. The van der Waals surface area contributed by atoms with Crippen LogP contribution in [-0.2, 0) is 9.47 Å². The lowest BCUT2D eigenvalue weighted by molar-refractivity contribution is 0.0527. The standard InChI is InChI=1S/C12H15NO4S3/c1-4-16-10(14)7-6(3)8(11(15)17-5-2)20-9(7)13-12(18)19/h4-5H2,1-3H3,(H2,13,18,19). The molecule has 5 nitrogen and oxygen atoms in total. The van der Waals surface area contributed by atoms with Crippen molar-refractivity contribution in [1.82, 2.24) is 0 Å². The van der Waals surface area contributed by atoms with Crippen LogP contribution in [0.3, 0.4) is 0 Å². The molecule has 0 amide bonds. The quantitative estimate of drug-likeness (QED) is 0.490. The molecule has 1 aromatic rings. The first-order chi connectivity index (χ1) is 9.42. The zero-order valence-electron chi connectivity index (χ0n) is 11.3. The van der Waals surface area contributed by atoms with Gasteiger partial charge in [0.15, 0.2) is 0 Å². The number of nitrogens with one attached hydrogen (secondary N) is 1. The van der Waals surface area contributed by atoms with Crippen LogP contribution in [0.4, 0.5) is 5.00 Å². The fourth-order valence-corrected chi connectivity index (χ4v) is 2.99. The minimum atomic E-state index is -0.510. The van der Waals surface area contributed by atoms with Gasteiger partial charge in [0.25, 0.3) is 0 Å². The number of thiophene rings is 1. The molecule has 0 saturated heterocycles. The molecule has 0 fully saturated rings. The molecule has 0 aliphatic rings. The maximum atomic E-state index is 12.0. The Balaban J connectivity index is 3.27. The van der Waals surface area contributed by atoms with Gasteiger partial charge in [-0.3, -0.25) is 0 Å². The number of rotatable bonds is 5. The molecule has 0 atom stereocenters. The Morgan fingerprint density at radius 2 is 1.80 bits per heavy atom. The SMILES string of the molecule is CCOC(=O)c1sc(NC(=S)S)c(C(=O)OCC)c1C. The van der Waals surface area contributed by atoms with Crippen molar-refractivity contribution in [2.45, 2.75) is 20.8 Å². The summed E-state index contributed by atoms with van der Waals surface area (Å²) in [7, 11) is 0. The normalized spacial score (nSPS) is 10.0. The van der Waals surface area contributed by atoms with E-state index in [9.17, 15) is 9.59 Å². The zero-order valence-corrected chi connectivity index (χ0v) is 13.8. The van der Waals surface area contributed by atoms with Gasteiger partial charge in [-0.25, -0.2) is 9.59 Å². The topological polar surface area (TPSA) is 64.6 Å². The van der Waals surface area contributed by atoms with Gasteiger partial charge in [0.05, 0.1) is 18.8 Å². The second-order valence-corrected chi connectivity index (χ2v) is 5.81. The Morgan fingerprint density at radius 3 is 2.30 bits per heavy atom. The van der Waals surface area contributed by atoms with Gasteiger partial charge in [-0.2, -0.15) is 0 Å². The van der Waals surface area contributed by atoms with Crippen LogP contribution in [0, 0.1) is 6.92 Å². The lowest BCUT2D eigenvalue weighted by atomic mass is 10.1. The first kappa shape index (κ1) is 16.9. The maximum absolute atomic E-state index is 12.0. The highest BCUT2D eigenvalue weighted by molar-refractivity contribution is 8.11. The summed E-state index contributed by atoms with van der Waals surface area (Å²) in [6.07, 6.45) is 0. The summed E-state index contributed by atoms with van der Waals surface area (Å²) in [5, 5.41) is 3.21. The molecular weight excluding hydrogens is 318 g/mol. The number of thiol groups is 1. The van der Waals surface area contributed by atoms with E-state index in [2.05, 4.69) is 17.9 Å². The Bertz CT molecular complexity index is 539. The van der Waals surface area contributed by atoms with Crippen molar-refractivity contribution >= 4 is 57.4 Å². The van der Waals surface area contributed by atoms with Crippen molar-refractivity contribution in [2.75, 3.05) is 18.5 Å². The molecule has 1 heterocycles. The largest absolute Gasteiger partial charge is 0.462 e. The van der Waals surface area contributed by atoms with Crippen LogP contribution in [0.25, 0.3) is 0 Å². The molecule has 0 radical (unpaired) electrons. The minimum Gasteiger partial charge on any atom is -0.462 e. The number of carbonyl (C=O) groups excluding carboxylic acids is 2. The molecule has 1 N–H and O–H groups in total. The number of carbonyl (C=O) groups is 2. The number of hydrogen-bond acceptors (Lipinski definition) is 6. The smallest absolute Gasteiger partial charge is 0.348 e. The van der Waals surface area contributed by atoms with E-state index in [1.807, 2.05) is 0 Å². The second-order valence-electron chi connectivity index (χ2n) is 3.63. The summed E-state index contributed by atoms with van der Waals surface area (Å²) >= 11 is 9.92. The minimum absolute atomic E-state index is 0.201. The molecule has 0 aliphatic heterocycles. The van der Waals surface area contributed by atoms with Gasteiger partial charge in [-0.1, -0.05) is 12.2 Å². The molecule has 20 heavy (non-hydrogen) atoms. The fraction of sp³-hybridized carbons (Fsp3) is 0.417. The predicted molar refractivity (Wildman–Crippen MR) is 86.2 cm³/mol. The highest BCUT2D eigenvalue weighted by atomic mass is 32.1. The number of ether oxygens (including phenoxy) is 2. The molecule has 0 saturated carbocycles. The number of anilines is 1. The van der Waals surface area contributed by atoms with Gasteiger partial charge in [-0.15, -0.1) is 24.0 Å². The van der Waals surface area contributed by atoms with Gasteiger partial charge in [0.1, 0.15) is 14.2 Å². The highest BCUT2D eigenvalue weighted by Gasteiger charge is 2.26. The molecule has 0 aromatic carbocycles. The van der Waals surface area contributed by atoms with Crippen LogP contribution in [0.5, 0.6) is 0 Å². The van der Waals surface area contributed by atoms with Crippen molar-refractivity contribution in [2.24, 2.45) is 0 Å². The average molecular weight is 333 g/mol. The number of thiocarbonyl (C=S) groups is 1. The summed E-state index contributed by atoms with van der Waals surface area (Å²) < 4.78 is 10.2. The van der Waals surface area contributed by atoms with Crippen LogP contribution >= 0.6 is 36.2 Å². The van der Waals surface area contributed by atoms with Crippen molar-refractivity contribution in [3.8, 4) is 0 Å². The number of esters is 2. The molecule has 0 unspecified atom stereocenters. The molecule has 8 heteroatoms. The summed E-state index contributed by atoms with van der Waals surface area (Å²) in [6.45, 7) is 5.60. The Morgan fingerprint density at radius 1 is 1.25 bits per heavy atom. The van der Waals surface area contributed by atoms with E-state index < -0.39 is 11.9 Å². The summed E-state index contributed by atoms with van der Waals surface area (Å²) in [4.78, 5) is 24.2. The Kier molecular flexibility index (Phi) is 6.44. The van der Waals surface area contributed by atoms with Gasteiger partial charge < -0.3 is 14.8 Å². The number of hydrogen-bond donors (Lipinski definition) is 2. The maximum Gasteiger partial charge on any atom is 0.348 e. The summed E-state index contributed by atoms with van der Waals surface area (Å²) in [5.41, 5.74) is 0.801. The van der Waals surface area contributed by atoms with E-state index >= 15 is 0 Å². The Labute approximate surface area is 132 Å². The lowest BCUT2D eigenvalue weighted by Crippen LogP contribution is -2.10. The predicted octanol–water partition coefficient (Wildman–Crippen LogP) is 3.04. The molecule has 1 rings (SSSR count). The van der Waals surface area contributed by atoms with Gasteiger partial charge in [-0.05, 0) is 26.3 Å². The third-order valence-electron chi connectivity index (χ3n) is 2.31. The molecule has 110 valence electrons. The van der Waals surface area contributed by atoms with E-state index in [-0.39, 0.29) is 23.1 Å². The van der Waals surface area contributed by atoms with E-state index in [1.165, 1.54) is 0 Å². The van der Waals surface area contributed by atoms with Gasteiger partial charge in [0.2, 0.25) is 0 Å². The van der Waals surface area contributed by atoms with Crippen LogP contribution in [0.1, 0.15) is 39.4 Å². The molecular formula is C12H15NO4S3. The van der Waals surface area contributed by atoms with E-state index in [1.54, 1.807) is 20.8 Å². The van der Waals surface area contributed by atoms with Crippen molar-refractivity contribution in [3.63, 3.8) is 0 Å². The zero-order chi connectivity index (χ0) is 15.3. The summed E-state index contributed by atoms with van der Waals surface area (Å²) in [5.74, 6) is -0.984. The van der Waals surface area contributed by atoms with Crippen LogP contribution in [-0.4, -0.2) is 29.5 Å². The molecule has 0 aliphatic carbocycles. The average Bonchev–Trinajstić information content (AvgIpc) is 2.66. The highest BCUT2D eigenvalue weighted by Crippen LogP contribution is 2.34. The third-order valence-corrected chi connectivity index (χ3v) is 3.71. The van der Waals surface area contributed by atoms with Crippen LogP contribution < -0.4 is 5.32 Å². The van der Waals surface area contributed by atoms with E-state index in [4.69, 9.17) is 21.7 Å². The van der Waals surface area contributed by atoms with Crippen molar-refractivity contribution < 1.29 is 19.1 Å². The van der Waals surface area contributed by atoms with Crippen molar-refractivity contribution in [1.29, 1.82) is 0 Å². The van der Waals surface area contributed by atoms with E-state index in [0.717, 1.165) is 11.3 Å². The molecule has 0 bridgehead atoms. The summed E-state index contributed by atoms with van der Waals surface area (Å²) in [6, 6.07) is 0. The molecule has 0 spiro atoms. The van der Waals surface area contributed by atoms with Crippen molar-refractivity contribution in [3.05, 3.63) is 16.0 Å². The second kappa shape index (κ2) is 7.61. The van der Waals surface area contributed by atoms with Crippen LogP contribution in [0.2, 0.25) is 0 Å². The molecule has 1 aromatic heterocycles. The van der Waals surface area contributed by atoms with Crippen LogP contribution in [0.15, 0.2) is 0 Å². The first-order valence-corrected chi connectivity index (χ1v) is 7.57. The lowest BCUT2D eigenvalue weighted by Gasteiger charge is -2.05. The monoisotopic (exact) mass is 333 g/mol. The third kappa shape index (κ3) is 3.94. The van der Waals surface area contributed by atoms with Gasteiger partial charge >= 0.3 is 11.9 Å². The van der Waals surface area contributed by atoms with E-state index in [0.29, 0.717) is 15.4 Å². The first-order valence-electron chi connectivity index (χ1n) is 5.89. The fourth-order valence-electron chi connectivity index (χ4n) is 1.54. The van der Waals surface area contributed by atoms with Gasteiger partial charge in [0, 0.05) is 0 Å².